The number of benzene rings is 2. The van der Waals surface area contributed by atoms with E-state index in [0.29, 0.717) is 17.7 Å². The number of hydrogen-bond acceptors (Lipinski definition) is 3. The molecule has 0 fully saturated rings. The predicted molar refractivity (Wildman–Crippen MR) is 84.4 cm³/mol. The van der Waals surface area contributed by atoms with Crippen LogP contribution in [0.25, 0.3) is 0 Å². The molecule has 22 heavy (non-hydrogen) atoms. The van der Waals surface area contributed by atoms with Crippen LogP contribution in [0, 0.1) is 0 Å². The Kier molecular flexibility index (Phi) is 5.04. The molecule has 4 nitrogen and oxygen atoms in total. The standard InChI is InChI=1S/C18H20O4/c1-12(2)22-17-9-4-3-6-14(17)11-16(18(20)21)13-7-5-8-15(19)10-13/h3-10,12,16,19H,11H2,1-2H3,(H,20,21). The molecule has 0 radical (unpaired) electrons. The summed E-state index contributed by atoms with van der Waals surface area (Å²) in [6, 6.07) is 13.8. The maximum Gasteiger partial charge on any atom is 0.311 e. The van der Waals surface area contributed by atoms with E-state index in [2.05, 4.69) is 0 Å². The molecule has 2 N–H and O–H groups in total. The summed E-state index contributed by atoms with van der Waals surface area (Å²) in [6.45, 7) is 3.86. The zero-order valence-corrected chi connectivity index (χ0v) is 12.7. The van der Waals surface area contributed by atoms with Crippen LogP contribution in [0.4, 0.5) is 0 Å². The van der Waals surface area contributed by atoms with Gasteiger partial charge >= 0.3 is 5.97 Å². The molecule has 0 aromatic heterocycles. The van der Waals surface area contributed by atoms with Crippen LogP contribution in [0.3, 0.4) is 0 Å². The lowest BCUT2D eigenvalue weighted by molar-refractivity contribution is -0.138. The summed E-state index contributed by atoms with van der Waals surface area (Å²) < 4.78 is 5.74. The summed E-state index contributed by atoms with van der Waals surface area (Å²) in [4.78, 5) is 11.6. The van der Waals surface area contributed by atoms with Crippen molar-refractivity contribution in [3.05, 3.63) is 59.7 Å². The van der Waals surface area contributed by atoms with Crippen molar-refractivity contribution >= 4 is 5.97 Å². The monoisotopic (exact) mass is 300 g/mol. The molecule has 116 valence electrons. The minimum absolute atomic E-state index is 0.0187. The van der Waals surface area contributed by atoms with Gasteiger partial charge < -0.3 is 14.9 Å². The van der Waals surface area contributed by atoms with Crippen LogP contribution >= 0.6 is 0 Å². The molecule has 0 heterocycles. The number of phenols is 1. The van der Waals surface area contributed by atoms with Crippen molar-refractivity contribution in [1.29, 1.82) is 0 Å². The Morgan fingerprint density at radius 1 is 1.14 bits per heavy atom. The largest absolute Gasteiger partial charge is 0.508 e. The number of ether oxygens (including phenoxy) is 1. The van der Waals surface area contributed by atoms with Crippen LogP contribution in [-0.4, -0.2) is 22.3 Å². The molecule has 1 unspecified atom stereocenters. The van der Waals surface area contributed by atoms with Crippen molar-refractivity contribution < 1.29 is 19.7 Å². The molecule has 0 aliphatic heterocycles. The molecule has 4 heteroatoms. The van der Waals surface area contributed by atoms with Crippen LogP contribution in [0.1, 0.15) is 30.9 Å². The normalized spacial score (nSPS) is 12.1. The second-order valence-electron chi connectivity index (χ2n) is 5.46. The summed E-state index contributed by atoms with van der Waals surface area (Å²) in [5.74, 6) is -0.895. The third-order valence-electron chi connectivity index (χ3n) is 3.33. The number of carboxylic acids is 1. The van der Waals surface area contributed by atoms with Gasteiger partial charge in [-0.3, -0.25) is 4.79 Å². The van der Waals surface area contributed by atoms with Gasteiger partial charge in [-0.25, -0.2) is 0 Å². The molecular formula is C18H20O4. The van der Waals surface area contributed by atoms with Gasteiger partial charge in [0.2, 0.25) is 0 Å². The number of para-hydroxylation sites is 1. The van der Waals surface area contributed by atoms with E-state index in [1.165, 1.54) is 12.1 Å². The SMILES string of the molecule is CC(C)Oc1ccccc1CC(C(=O)O)c1cccc(O)c1. The van der Waals surface area contributed by atoms with E-state index in [9.17, 15) is 15.0 Å². The Morgan fingerprint density at radius 2 is 1.86 bits per heavy atom. The molecule has 0 bridgehead atoms. The quantitative estimate of drug-likeness (QED) is 0.855. The summed E-state index contributed by atoms with van der Waals surface area (Å²) in [7, 11) is 0. The second kappa shape index (κ2) is 6.98. The molecule has 2 rings (SSSR count). The smallest absolute Gasteiger partial charge is 0.311 e. The number of carboxylic acid groups (broad SMARTS) is 1. The fourth-order valence-corrected chi connectivity index (χ4v) is 2.35. The van der Waals surface area contributed by atoms with Crippen molar-refractivity contribution in [1.82, 2.24) is 0 Å². The molecule has 2 aromatic rings. The van der Waals surface area contributed by atoms with Gasteiger partial charge in [-0.2, -0.15) is 0 Å². The van der Waals surface area contributed by atoms with Crippen molar-refractivity contribution in [2.75, 3.05) is 0 Å². The summed E-state index contributed by atoms with van der Waals surface area (Å²) >= 11 is 0. The van der Waals surface area contributed by atoms with E-state index in [4.69, 9.17) is 4.74 Å². The molecule has 0 spiro atoms. The van der Waals surface area contributed by atoms with E-state index >= 15 is 0 Å². The maximum absolute atomic E-state index is 11.6. The van der Waals surface area contributed by atoms with Gasteiger partial charge in [0.15, 0.2) is 0 Å². The highest BCUT2D eigenvalue weighted by molar-refractivity contribution is 5.77. The first kappa shape index (κ1) is 15.9. The summed E-state index contributed by atoms with van der Waals surface area (Å²) in [6.07, 6.45) is 0.326. The third-order valence-corrected chi connectivity index (χ3v) is 3.33. The molecule has 0 saturated carbocycles. The molecule has 0 saturated heterocycles. The number of aliphatic carboxylic acids is 1. The zero-order chi connectivity index (χ0) is 16.1. The molecular weight excluding hydrogens is 280 g/mol. The van der Waals surface area contributed by atoms with E-state index in [-0.39, 0.29) is 11.9 Å². The summed E-state index contributed by atoms with van der Waals surface area (Å²) in [5.41, 5.74) is 1.42. The van der Waals surface area contributed by atoms with Gasteiger partial charge in [0, 0.05) is 0 Å². The van der Waals surface area contributed by atoms with Gasteiger partial charge in [-0.1, -0.05) is 30.3 Å². The average molecular weight is 300 g/mol. The molecule has 0 amide bonds. The highest BCUT2D eigenvalue weighted by Crippen LogP contribution is 2.29. The lowest BCUT2D eigenvalue weighted by Gasteiger charge is -2.18. The van der Waals surface area contributed by atoms with Gasteiger partial charge in [0.1, 0.15) is 11.5 Å². The zero-order valence-electron chi connectivity index (χ0n) is 12.7. The van der Waals surface area contributed by atoms with Crippen molar-refractivity contribution in [3.8, 4) is 11.5 Å². The Balaban J connectivity index is 2.31. The highest BCUT2D eigenvalue weighted by atomic mass is 16.5. The Hall–Kier alpha value is -2.49. The van der Waals surface area contributed by atoms with Crippen molar-refractivity contribution in [2.45, 2.75) is 32.3 Å². The minimum atomic E-state index is -0.926. The molecule has 1 atom stereocenters. The van der Waals surface area contributed by atoms with E-state index in [1.807, 2.05) is 38.1 Å². The molecule has 0 aliphatic carbocycles. The highest BCUT2D eigenvalue weighted by Gasteiger charge is 2.22. The summed E-state index contributed by atoms with van der Waals surface area (Å²) in [5, 5.41) is 19.1. The van der Waals surface area contributed by atoms with E-state index < -0.39 is 11.9 Å². The predicted octanol–water partition coefficient (Wildman–Crippen LogP) is 3.59. The van der Waals surface area contributed by atoms with Crippen LogP contribution < -0.4 is 4.74 Å². The van der Waals surface area contributed by atoms with Crippen molar-refractivity contribution in [2.24, 2.45) is 0 Å². The van der Waals surface area contributed by atoms with Gasteiger partial charge in [-0.15, -0.1) is 0 Å². The first-order valence-corrected chi connectivity index (χ1v) is 7.23. The number of carbonyl (C=O) groups is 1. The van der Waals surface area contributed by atoms with E-state index in [0.717, 1.165) is 5.56 Å². The first-order chi connectivity index (χ1) is 10.5. The van der Waals surface area contributed by atoms with Gasteiger partial charge in [-0.05, 0) is 49.6 Å². The van der Waals surface area contributed by atoms with E-state index in [1.54, 1.807) is 12.1 Å². The van der Waals surface area contributed by atoms with Crippen LogP contribution in [-0.2, 0) is 11.2 Å². The fraction of sp³-hybridized carbons (Fsp3) is 0.278. The van der Waals surface area contributed by atoms with Crippen LogP contribution in [0.15, 0.2) is 48.5 Å². The lowest BCUT2D eigenvalue weighted by atomic mass is 9.91. The lowest BCUT2D eigenvalue weighted by Crippen LogP contribution is -2.16. The Bertz CT molecular complexity index is 649. The fourth-order valence-electron chi connectivity index (χ4n) is 2.35. The minimum Gasteiger partial charge on any atom is -0.508 e. The Morgan fingerprint density at radius 3 is 2.50 bits per heavy atom. The second-order valence-corrected chi connectivity index (χ2v) is 5.46. The third kappa shape index (κ3) is 4.01. The number of phenolic OH excluding ortho intramolecular Hbond substituents is 1. The van der Waals surface area contributed by atoms with Crippen LogP contribution in [0.5, 0.6) is 11.5 Å². The maximum atomic E-state index is 11.6. The van der Waals surface area contributed by atoms with Gasteiger partial charge in [0.05, 0.1) is 12.0 Å². The number of hydrogen-bond donors (Lipinski definition) is 2. The van der Waals surface area contributed by atoms with Crippen LogP contribution in [0.2, 0.25) is 0 Å². The first-order valence-electron chi connectivity index (χ1n) is 7.23. The van der Waals surface area contributed by atoms with Crippen molar-refractivity contribution in [3.63, 3.8) is 0 Å². The molecule has 0 aliphatic rings. The number of rotatable bonds is 6. The Labute approximate surface area is 130 Å². The number of aromatic hydroxyl groups is 1. The molecule has 2 aromatic carbocycles. The average Bonchev–Trinajstić information content (AvgIpc) is 2.45. The topological polar surface area (TPSA) is 66.8 Å². The van der Waals surface area contributed by atoms with Gasteiger partial charge in [0.25, 0.3) is 0 Å².